The van der Waals surface area contributed by atoms with Gasteiger partial charge in [-0.2, -0.15) is 0 Å². The molecule has 5 rings (SSSR count). The summed E-state index contributed by atoms with van der Waals surface area (Å²) in [6.07, 6.45) is 0. The fourth-order valence-electron chi connectivity index (χ4n) is 4.66. The van der Waals surface area contributed by atoms with Crippen LogP contribution in [0.1, 0.15) is 16.4 Å². The zero-order valence-electron chi connectivity index (χ0n) is 20.5. The summed E-state index contributed by atoms with van der Waals surface area (Å²) in [5.41, 5.74) is 0.708. The molecule has 2 aliphatic heterocycles. The molecule has 0 aliphatic carbocycles. The van der Waals surface area contributed by atoms with Gasteiger partial charge in [0.15, 0.2) is 6.61 Å². The minimum Gasteiger partial charge on any atom is -0.483 e. The van der Waals surface area contributed by atoms with Crippen LogP contribution in [0.2, 0.25) is 0 Å². The van der Waals surface area contributed by atoms with Gasteiger partial charge in [-0.25, -0.2) is 13.6 Å². The number of H-pyrrole nitrogens is 1. The van der Waals surface area contributed by atoms with Crippen LogP contribution in [-0.4, -0.2) is 65.5 Å². The molecule has 1 fully saturated rings. The number of rotatable bonds is 8. The number of hydrogen-bond acceptors (Lipinski definition) is 10. The molecule has 2 unspecified atom stereocenters. The molecule has 0 bridgehead atoms. The summed E-state index contributed by atoms with van der Waals surface area (Å²) in [6, 6.07) is 10.1. The lowest BCUT2D eigenvalue weighted by Gasteiger charge is -2.31. The minimum atomic E-state index is -3.90. The van der Waals surface area contributed by atoms with Crippen LogP contribution in [0.5, 0.6) is 5.75 Å². The molecule has 214 valence electrons. The van der Waals surface area contributed by atoms with E-state index in [2.05, 4.69) is 26.2 Å². The Kier molecular flexibility index (Phi) is 7.82. The third-order valence-electron chi connectivity index (χ3n) is 6.34. The van der Waals surface area contributed by atoms with Gasteiger partial charge in [0.25, 0.3) is 5.91 Å². The lowest BCUT2D eigenvalue weighted by molar-refractivity contribution is -0.149. The first kappa shape index (κ1) is 29.0. The van der Waals surface area contributed by atoms with E-state index in [4.69, 9.17) is 9.88 Å². The number of imide groups is 1. The first-order valence-corrected chi connectivity index (χ1v) is 15.7. The molecule has 41 heavy (non-hydrogen) atoms. The van der Waals surface area contributed by atoms with Crippen molar-refractivity contribution in [1.82, 2.24) is 9.88 Å². The maximum atomic E-state index is 13.4. The number of primary sulfonamides is 1. The number of amides is 3. The van der Waals surface area contributed by atoms with Crippen molar-refractivity contribution in [1.29, 1.82) is 0 Å². The number of carbonyl (C=O) groups is 4. The van der Waals surface area contributed by atoms with Crippen molar-refractivity contribution in [3.63, 3.8) is 0 Å². The molecule has 3 amide bonds. The van der Waals surface area contributed by atoms with E-state index in [1.165, 1.54) is 24.3 Å². The van der Waals surface area contributed by atoms with Gasteiger partial charge in [-0.15, -0.1) is 0 Å². The molecular weight excluding hydrogens is 664 g/mol. The number of aliphatic carboxylic acids is 1. The van der Waals surface area contributed by atoms with Crippen LogP contribution >= 0.6 is 39.0 Å². The molecule has 5 N–H and O–H groups in total. The van der Waals surface area contributed by atoms with Gasteiger partial charge in [-0.1, -0.05) is 39.0 Å². The second kappa shape index (κ2) is 11.1. The van der Waals surface area contributed by atoms with Crippen LogP contribution in [0.3, 0.4) is 0 Å². The van der Waals surface area contributed by atoms with Crippen LogP contribution in [-0.2, 0) is 29.2 Å². The number of thioether (sulfide) groups is 1. The van der Waals surface area contributed by atoms with E-state index in [0.717, 1.165) is 23.1 Å². The SMILES string of the molecule is NS(=O)(=O)c1ccc(NC(=O)COc2ccc(Br)cc2[C@H]2c3sc(=O)[nH]c3SC3C(=O)N(CC(=O)O)C(=O)C32)cc1. The number of benzene rings is 2. The average Bonchev–Trinajstić information content (AvgIpc) is 3.38. The van der Waals surface area contributed by atoms with Crippen molar-refractivity contribution >= 4 is 78.4 Å². The second-order valence-corrected chi connectivity index (χ2v) is 13.6. The average molecular weight is 684 g/mol. The summed E-state index contributed by atoms with van der Waals surface area (Å²) in [5, 5.41) is 16.4. The number of ether oxygens (including phenoxy) is 1. The summed E-state index contributed by atoms with van der Waals surface area (Å²) in [7, 11) is -3.90. The highest BCUT2D eigenvalue weighted by Gasteiger charge is 2.56. The number of hydrogen-bond donors (Lipinski definition) is 4. The number of nitrogens with one attached hydrogen (secondary N) is 2. The molecular formula is C24H19BrN4O9S3. The summed E-state index contributed by atoms with van der Waals surface area (Å²) >= 11 is 5.28. The number of thiazole rings is 1. The smallest absolute Gasteiger partial charge is 0.323 e. The highest BCUT2D eigenvalue weighted by molar-refractivity contribution is 9.10. The Morgan fingerprint density at radius 3 is 2.49 bits per heavy atom. The first-order valence-electron chi connectivity index (χ1n) is 11.6. The molecule has 1 saturated heterocycles. The van der Waals surface area contributed by atoms with Crippen molar-refractivity contribution in [2.24, 2.45) is 11.1 Å². The van der Waals surface area contributed by atoms with Gasteiger partial charge < -0.3 is 20.1 Å². The number of aromatic amines is 1. The number of carboxylic acid groups (broad SMARTS) is 1. The third kappa shape index (κ3) is 5.80. The molecule has 3 heterocycles. The molecule has 3 atom stereocenters. The molecule has 0 saturated carbocycles. The van der Waals surface area contributed by atoms with E-state index < -0.39 is 64.0 Å². The third-order valence-corrected chi connectivity index (χ3v) is 10.2. The van der Waals surface area contributed by atoms with Crippen molar-refractivity contribution in [2.75, 3.05) is 18.5 Å². The Morgan fingerprint density at radius 2 is 1.83 bits per heavy atom. The largest absolute Gasteiger partial charge is 0.483 e. The summed E-state index contributed by atoms with van der Waals surface area (Å²) < 4.78 is 29.3. The minimum absolute atomic E-state index is 0.122. The van der Waals surface area contributed by atoms with Crippen LogP contribution in [0.25, 0.3) is 0 Å². The van der Waals surface area contributed by atoms with Crippen LogP contribution in [0.4, 0.5) is 5.69 Å². The normalized spacial score (nSPS) is 20.0. The zero-order valence-corrected chi connectivity index (χ0v) is 24.6. The van der Waals surface area contributed by atoms with E-state index in [9.17, 15) is 37.5 Å². The monoisotopic (exact) mass is 682 g/mol. The van der Waals surface area contributed by atoms with Crippen LogP contribution in [0.15, 0.2) is 61.7 Å². The van der Waals surface area contributed by atoms with E-state index in [-0.39, 0.29) is 15.5 Å². The number of halogens is 1. The van der Waals surface area contributed by atoms with Gasteiger partial charge >= 0.3 is 10.8 Å². The number of carbonyl (C=O) groups excluding carboxylic acids is 3. The summed E-state index contributed by atoms with van der Waals surface area (Å²) in [5.74, 6) is -4.94. The summed E-state index contributed by atoms with van der Waals surface area (Å²) in [4.78, 5) is 66.2. The standard InChI is InChI=1S/C24H19BrN4O9S3/c25-10-1-6-14(38-9-15(30)27-11-2-4-12(5-3-11)41(26,36)37)13(7-10)17-18-20(39-21-19(17)40-24(35)28-21)23(34)29(22(18)33)8-16(31)32/h1-7,17-18,20H,8-9H2,(H,27,30)(H,28,35)(H,31,32)(H2,26,36,37)/t17-,18?,20?/m1/s1. The highest BCUT2D eigenvalue weighted by Crippen LogP contribution is 2.54. The van der Waals surface area contributed by atoms with Crippen molar-refractivity contribution in [2.45, 2.75) is 21.1 Å². The maximum Gasteiger partial charge on any atom is 0.323 e. The maximum absolute atomic E-state index is 13.4. The van der Waals surface area contributed by atoms with Gasteiger partial charge in [-0.05, 0) is 42.5 Å². The number of nitrogens with zero attached hydrogens (tertiary/aromatic N) is 1. The van der Waals surface area contributed by atoms with Crippen LogP contribution in [0, 0.1) is 5.92 Å². The molecule has 13 nitrogen and oxygen atoms in total. The van der Waals surface area contributed by atoms with Gasteiger partial charge in [-0.3, -0.25) is 28.9 Å². The number of likely N-dealkylation sites (tertiary alicyclic amines) is 1. The number of nitrogens with two attached hydrogens (primary N) is 1. The number of anilines is 1. The fourth-order valence-corrected chi connectivity index (χ4v) is 8.08. The Hall–Kier alpha value is -3.51. The molecule has 0 spiro atoms. The first-order chi connectivity index (χ1) is 19.3. The number of sulfonamides is 1. The van der Waals surface area contributed by atoms with Crippen LogP contribution < -0.4 is 20.1 Å². The number of fused-ring (bicyclic) bond motifs is 2. The molecule has 3 aromatic rings. The molecule has 17 heteroatoms. The molecule has 2 aliphatic rings. The molecule has 0 radical (unpaired) electrons. The second-order valence-electron chi connectivity index (χ2n) is 8.99. The Balaban J connectivity index is 1.44. The molecule has 2 aromatic carbocycles. The highest BCUT2D eigenvalue weighted by atomic mass is 79.9. The van der Waals surface area contributed by atoms with Gasteiger partial charge in [0.05, 0.1) is 15.8 Å². The van der Waals surface area contributed by atoms with E-state index >= 15 is 0 Å². The van der Waals surface area contributed by atoms with Gasteiger partial charge in [0.2, 0.25) is 21.8 Å². The lowest BCUT2D eigenvalue weighted by Crippen LogP contribution is -2.36. The topological polar surface area (TPSA) is 206 Å². The van der Waals surface area contributed by atoms with Crippen molar-refractivity contribution in [3.05, 3.63) is 67.0 Å². The van der Waals surface area contributed by atoms with E-state index in [0.29, 0.717) is 30.5 Å². The quantitative estimate of drug-likeness (QED) is 0.252. The predicted octanol–water partition coefficient (Wildman–Crippen LogP) is 1.54. The Morgan fingerprint density at radius 1 is 1.12 bits per heavy atom. The van der Waals surface area contributed by atoms with E-state index in [1.807, 2.05) is 0 Å². The van der Waals surface area contributed by atoms with Gasteiger partial charge in [0.1, 0.15) is 17.5 Å². The molecule has 1 aromatic heterocycles. The summed E-state index contributed by atoms with van der Waals surface area (Å²) in [6.45, 7) is -1.27. The fraction of sp³-hybridized carbons (Fsp3) is 0.208. The van der Waals surface area contributed by atoms with Gasteiger partial charge in [0, 0.05) is 26.5 Å². The number of carboxylic acids is 1. The number of aromatic nitrogens is 1. The predicted molar refractivity (Wildman–Crippen MR) is 150 cm³/mol. The van der Waals surface area contributed by atoms with E-state index in [1.54, 1.807) is 18.2 Å². The lowest BCUT2D eigenvalue weighted by atomic mass is 9.82. The Labute approximate surface area is 248 Å². The zero-order chi connectivity index (χ0) is 29.6. The Bertz CT molecular complexity index is 1750. The van der Waals surface area contributed by atoms with Crippen molar-refractivity contribution in [3.8, 4) is 5.75 Å². The van der Waals surface area contributed by atoms with Crippen molar-refractivity contribution < 1.29 is 37.4 Å².